The lowest BCUT2D eigenvalue weighted by atomic mass is 9.86. The molecule has 154 valence electrons. The normalized spacial score (nSPS) is 14.1. The standard InChI is InChI=1S/C27H23NO3/c29-26(28-16-6-1-7-17-28)22-14-12-18-8-2-4-10-20(18)24(22)25-21-11-5-3-9-19(21)13-15-23(25)27(30)31/h2-5,8-15H,1,6-7,16-17H2,(H,30,31). The first kappa shape index (κ1) is 19.3. The Labute approximate surface area is 180 Å². The smallest absolute Gasteiger partial charge is 0.336 e. The van der Waals surface area contributed by atoms with Crippen LogP contribution >= 0.6 is 0 Å². The summed E-state index contributed by atoms with van der Waals surface area (Å²) in [7, 11) is 0. The van der Waals surface area contributed by atoms with Gasteiger partial charge in [0.1, 0.15) is 0 Å². The van der Waals surface area contributed by atoms with E-state index < -0.39 is 5.97 Å². The van der Waals surface area contributed by atoms with Crippen molar-refractivity contribution in [2.75, 3.05) is 13.1 Å². The first-order valence-corrected chi connectivity index (χ1v) is 10.7. The molecule has 4 aromatic rings. The topological polar surface area (TPSA) is 57.6 Å². The highest BCUT2D eigenvalue weighted by molar-refractivity contribution is 6.18. The molecule has 4 aromatic carbocycles. The molecule has 0 saturated carbocycles. The number of rotatable bonds is 3. The van der Waals surface area contributed by atoms with Crippen molar-refractivity contribution >= 4 is 33.4 Å². The Morgan fingerprint density at radius 2 is 1.16 bits per heavy atom. The third kappa shape index (κ3) is 3.34. The molecule has 4 heteroatoms. The number of hydrogen-bond acceptors (Lipinski definition) is 2. The Bertz CT molecular complexity index is 1320. The summed E-state index contributed by atoms with van der Waals surface area (Å²) >= 11 is 0. The minimum atomic E-state index is -0.995. The summed E-state index contributed by atoms with van der Waals surface area (Å²) in [6.45, 7) is 1.48. The molecule has 0 unspecified atom stereocenters. The third-order valence-electron chi connectivity index (χ3n) is 6.21. The Morgan fingerprint density at radius 1 is 0.645 bits per heavy atom. The summed E-state index contributed by atoms with van der Waals surface area (Å²) in [5.41, 5.74) is 2.10. The molecule has 1 fully saturated rings. The van der Waals surface area contributed by atoms with E-state index in [0.29, 0.717) is 16.7 Å². The van der Waals surface area contributed by atoms with Gasteiger partial charge in [0.25, 0.3) is 5.91 Å². The molecular weight excluding hydrogens is 386 g/mol. The van der Waals surface area contributed by atoms with E-state index in [1.807, 2.05) is 71.6 Å². The van der Waals surface area contributed by atoms with E-state index >= 15 is 0 Å². The summed E-state index contributed by atoms with van der Waals surface area (Å²) in [6.07, 6.45) is 3.15. The van der Waals surface area contributed by atoms with E-state index in [-0.39, 0.29) is 11.5 Å². The van der Waals surface area contributed by atoms with Gasteiger partial charge in [-0.3, -0.25) is 4.79 Å². The van der Waals surface area contributed by atoms with Crippen LogP contribution in [0.25, 0.3) is 32.7 Å². The maximum absolute atomic E-state index is 13.6. The zero-order chi connectivity index (χ0) is 21.4. The number of fused-ring (bicyclic) bond motifs is 2. The highest BCUT2D eigenvalue weighted by atomic mass is 16.4. The van der Waals surface area contributed by atoms with Gasteiger partial charge in [-0.05, 0) is 52.9 Å². The molecule has 0 aliphatic carbocycles. The maximum atomic E-state index is 13.6. The van der Waals surface area contributed by atoms with Gasteiger partial charge in [-0.15, -0.1) is 0 Å². The number of likely N-dealkylation sites (tertiary alicyclic amines) is 1. The van der Waals surface area contributed by atoms with Crippen molar-refractivity contribution in [1.82, 2.24) is 4.90 Å². The van der Waals surface area contributed by atoms with E-state index in [0.717, 1.165) is 53.9 Å². The lowest BCUT2D eigenvalue weighted by molar-refractivity contribution is 0.0694. The molecule has 0 atom stereocenters. The fourth-order valence-corrected chi connectivity index (χ4v) is 4.71. The lowest BCUT2D eigenvalue weighted by Gasteiger charge is -2.28. The third-order valence-corrected chi connectivity index (χ3v) is 6.21. The Hall–Kier alpha value is -3.66. The van der Waals surface area contributed by atoms with Crippen LogP contribution in [-0.2, 0) is 0 Å². The van der Waals surface area contributed by atoms with Gasteiger partial charge in [0, 0.05) is 29.8 Å². The molecule has 4 nitrogen and oxygen atoms in total. The molecule has 1 amide bonds. The van der Waals surface area contributed by atoms with Crippen molar-refractivity contribution in [2.45, 2.75) is 19.3 Å². The van der Waals surface area contributed by atoms with E-state index in [2.05, 4.69) is 0 Å². The average Bonchev–Trinajstić information content (AvgIpc) is 2.82. The van der Waals surface area contributed by atoms with Crippen LogP contribution in [0.3, 0.4) is 0 Å². The van der Waals surface area contributed by atoms with E-state index in [1.165, 1.54) is 0 Å². The van der Waals surface area contributed by atoms with Gasteiger partial charge in [-0.2, -0.15) is 0 Å². The molecule has 0 radical (unpaired) electrons. The van der Waals surface area contributed by atoms with Crippen molar-refractivity contribution in [2.24, 2.45) is 0 Å². The van der Waals surface area contributed by atoms with Crippen LogP contribution in [-0.4, -0.2) is 35.0 Å². The van der Waals surface area contributed by atoms with Gasteiger partial charge >= 0.3 is 5.97 Å². The maximum Gasteiger partial charge on any atom is 0.336 e. The van der Waals surface area contributed by atoms with Crippen molar-refractivity contribution in [1.29, 1.82) is 0 Å². The van der Waals surface area contributed by atoms with Gasteiger partial charge in [0.2, 0.25) is 0 Å². The Balaban J connectivity index is 1.87. The minimum absolute atomic E-state index is 0.0234. The molecular formula is C27H23NO3. The zero-order valence-corrected chi connectivity index (χ0v) is 17.2. The number of carboxylic acid groups (broad SMARTS) is 1. The molecule has 0 bridgehead atoms. The SMILES string of the molecule is O=C(O)c1ccc2ccccc2c1-c1c(C(=O)N2CCCCC2)ccc2ccccc12. The molecule has 1 aliphatic heterocycles. The van der Waals surface area contributed by atoms with E-state index in [1.54, 1.807) is 6.07 Å². The predicted octanol–water partition coefficient (Wildman–Crippen LogP) is 5.98. The van der Waals surface area contributed by atoms with Gasteiger partial charge in [-0.25, -0.2) is 4.79 Å². The fourth-order valence-electron chi connectivity index (χ4n) is 4.71. The monoisotopic (exact) mass is 409 g/mol. The highest BCUT2D eigenvalue weighted by Gasteiger charge is 2.26. The number of hydrogen-bond donors (Lipinski definition) is 1. The fraction of sp³-hybridized carbons (Fsp3) is 0.185. The van der Waals surface area contributed by atoms with Gasteiger partial charge in [-0.1, -0.05) is 60.7 Å². The van der Waals surface area contributed by atoms with Crippen LogP contribution in [0.4, 0.5) is 0 Å². The quantitative estimate of drug-likeness (QED) is 0.452. The molecule has 5 rings (SSSR count). The van der Waals surface area contributed by atoms with E-state index in [9.17, 15) is 14.7 Å². The zero-order valence-electron chi connectivity index (χ0n) is 17.2. The van der Waals surface area contributed by atoms with E-state index in [4.69, 9.17) is 0 Å². The first-order valence-electron chi connectivity index (χ1n) is 10.7. The van der Waals surface area contributed by atoms with Crippen LogP contribution in [0.5, 0.6) is 0 Å². The van der Waals surface area contributed by atoms with Gasteiger partial charge in [0.05, 0.1) is 5.56 Å². The number of nitrogens with zero attached hydrogens (tertiary/aromatic N) is 1. The largest absolute Gasteiger partial charge is 0.478 e. The summed E-state index contributed by atoms with van der Waals surface area (Å²) in [5.74, 6) is -1.02. The van der Waals surface area contributed by atoms with Gasteiger partial charge < -0.3 is 10.0 Å². The molecule has 1 saturated heterocycles. The molecule has 1 aliphatic rings. The minimum Gasteiger partial charge on any atom is -0.478 e. The molecule has 0 spiro atoms. The van der Waals surface area contributed by atoms with Crippen LogP contribution < -0.4 is 0 Å². The second-order valence-electron chi connectivity index (χ2n) is 8.08. The summed E-state index contributed by atoms with van der Waals surface area (Å²) in [4.78, 5) is 27.8. The summed E-state index contributed by atoms with van der Waals surface area (Å²) in [5, 5.41) is 13.7. The van der Waals surface area contributed by atoms with Gasteiger partial charge in [0.15, 0.2) is 0 Å². The number of aromatic carboxylic acids is 1. The second-order valence-corrected chi connectivity index (χ2v) is 8.08. The van der Waals surface area contributed by atoms with Crippen molar-refractivity contribution in [3.05, 3.63) is 83.9 Å². The number of piperidine rings is 1. The lowest BCUT2D eigenvalue weighted by Crippen LogP contribution is -2.35. The number of carbonyl (C=O) groups is 2. The molecule has 0 aromatic heterocycles. The van der Waals surface area contributed by atoms with Crippen molar-refractivity contribution < 1.29 is 14.7 Å². The number of carboxylic acids is 1. The number of amides is 1. The summed E-state index contributed by atoms with van der Waals surface area (Å²) < 4.78 is 0. The van der Waals surface area contributed by atoms with Crippen molar-refractivity contribution in [3.8, 4) is 11.1 Å². The summed E-state index contributed by atoms with van der Waals surface area (Å²) in [6, 6.07) is 22.9. The van der Waals surface area contributed by atoms with Crippen LogP contribution in [0.2, 0.25) is 0 Å². The average molecular weight is 409 g/mol. The van der Waals surface area contributed by atoms with Crippen molar-refractivity contribution in [3.63, 3.8) is 0 Å². The first-order chi connectivity index (χ1) is 15.1. The molecule has 31 heavy (non-hydrogen) atoms. The Morgan fingerprint density at radius 3 is 1.74 bits per heavy atom. The molecule has 1 heterocycles. The predicted molar refractivity (Wildman–Crippen MR) is 124 cm³/mol. The van der Waals surface area contributed by atoms with Crippen LogP contribution in [0.15, 0.2) is 72.8 Å². The Kier molecular flexibility index (Phi) is 4.91. The van der Waals surface area contributed by atoms with Crippen LogP contribution in [0, 0.1) is 0 Å². The highest BCUT2D eigenvalue weighted by Crippen LogP contribution is 2.39. The second kappa shape index (κ2) is 7.88. The number of carbonyl (C=O) groups excluding carboxylic acids is 1. The number of benzene rings is 4. The molecule has 1 N–H and O–H groups in total. The van der Waals surface area contributed by atoms with Crippen LogP contribution in [0.1, 0.15) is 40.0 Å².